The Morgan fingerprint density at radius 3 is 1.80 bits per heavy atom. The van der Waals surface area contributed by atoms with E-state index in [9.17, 15) is 14.7 Å². The van der Waals surface area contributed by atoms with E-state index < -0.39 is 12.0 Å². The minimum Gasteiger partial charge on any atom is -0.389 e. The number of benzene rings is 2. The van der Waals surface area contributed by atoms with Gasteiger partial charge in [-0.25, -0.2) is 0 Å². The molecule has 13 heteroatoms. The molecule has 0 spiro atoms. The molecule has 0 radical (unpaired) electrons. The fraction of sp³-hybridized carbons (Fsp3) is 0.333. The van der Waals surface area contributed by atoms with Crippen LogP contribution in [0.1, 0.15) is 64.8 Å². The molecule has 1 unspecified atom stereocenters. The number of carbonyl (C=O) groups excluding carboxylic acids is 2. The predicted molar refractivity (Wildman–Crippen MR) is 187 cm³/mol. The van der Waals surface area contributed by atoms with Gasteiger partial charge in [0.15, 0.2) is 0 Å². The Morgan fingerprint density at radius 1 is 0.755 bits per heavy atom. The second-order valence-corrected chi connectivity index (χ2v) is 12.1. The van der Waals surface area contributed by atoms with E-state index in [1.807, 2.05) is 115 Å². The summed E-state index contributed by atoms with van der Waals surface area (Å²) >= 11 is 0. The monoisotopic (exact) mass is 662 g/mol. The van der Waals surface area contributed by atoms with Crippen LogP contribution in [-0.4, -0.2) is 54.8 Å². The lowest BCUT2D eigenvalue weighted by molar-refractivity contribution is 0.0977. The maximum atomic E-state index is 13.5. The molecule has 0 saturated carbocycles. The van der Waals surface area contributed by atoms with Crippen molar-refractivity contribution in [3.05, 3.63) is 106 Å². The number of aliphatic hydroxyl groups is 1. The summed E-state index contributed by atoms with van der Waals surface area (Å²) in [5.41, 5.74) is 7.54. The highest BCUT2D eigenvalue weighted by atomic mass is 16.3. The standard InChI is InChI=1S/C36H42N10O3/c1-8-45-30(21-23(3)39-45)33(48)37-35-41(6)27-16-10-11-17-28(27)43(35)19-12-13-20-44-32-26(25(5)47)15-14-18-29(32)42(7)36(44)38-34(49)31-22-24(4)40-46(31)9-2/h10-18,21-22,25,47H,8-9,19-20H2,1-7H3/b13-12+,37-35?,38-36?. The first-order valence-electron chi connectivity index (χ1n) is 16.5. The average Bonchev–Trinajstić information content (AvgIpc) is 3.81. The van der Waals surface area contributed by atoms with Crippen LogP contribution in [0.5, 0.6) is 0 Å². The number of aryl methyl sites for hydroxylation is 6. The molecule has 13 nitrogen and oxygen atoms in total. The molecule has 2 aromatic carbocycles. The van der Waals surface area contributed by atoms with E-state index in [-0.39, 0.29) is 5.91 Å². The van der Waals surface area contributed by atoms with Gasteiger partial charge in [0.05, 0.1) is 39.6 Å². The molecule has 1 N–H and O–H groups in total. The highest BCUT2D eigenvalue weighted by molar-refractivity contribution is 5.94. The molecule has 4 heterocycles. The number of aliphatic hydroxyl groups excluding tert-OH is 1. The zero-order valence-electron chi connectivity index (χ0n) is 29.0. The summed E-state index contributed by atoms with van der Waals surface area (Å²) in [5, 5.41) is 19.6. The summed E-state index contributed by atoms with van der Waals surface area (Å²) in [7, 11) is 3.77. The van der Waals surface area contributed by atoms with Crippen LogP contribution in [-0.2, 0) is 40.3 Å². The van der Waals surface area contributed by atoms with Gasteiger partial charge in [0, 0.05) is 45.8 Å². The van der Waals surface area contributed by atoms with Crippen LogP contribution in [0.2, 0.25) is 0 Å². The smallest absolute Gasteiger partial charge is 0.298 e. The molecule has 6 rings (SSSR count). The molecule has 0 aliphatic carbocycles. The van der Waals surface area contributed by atoms with Crippen LogP contribution in [0, 0.1) is 13.8 Å². The topological polar surface area (TPSA) is 134 Å². The van der Waals surface area contributed by atoms with Crippen molar-refractivity contribution < 1.29 is 14.7 Å². The summed E-state index contributed by atoms with van der Waals surface area (Å²) < 4.78 is 11.1. The summed E-state index contributed by atoms with van der Waals surface area (Å²) in [5.74, 6) is -0.759. The number of rotatable bonds is 9. The molecule has 0 saturated heterocycles. The number of allylic oxidation sites excluding steroid dienone is 2. The third-order valence-corrected chi connectivity index (χ3v) is 8.73. The van der Waals surface area contributed by atoms with E-state index in [1.54, 1.807) is 28.4 Å². The molecular formula is C36H42N10O3. The van der Waals surface area contributed by atoms with Crippen molar-refractivity contribution in [1.82, 2.24) is 37.8 Å². The van der Waals surface area contributed by atoms with Crippen LogP contribution in [0.25, 0.3) is 22.1 Å². The van der Waals surface area contributed by atoms with E-state index in [1.165, 1.54) is 0 Å². The third kappa shape index (κ3) is 6.13. The quantitative estimate of drug-likeness (QED) is 0.233. The molecule has 0 fully saturated rings. The lowest BCUT2D eigenvalue weighted by Gasteiger charge is -2.09. The molecule has 0 bridgehead atoms. The first-order chi connectivity index (χ1) is 23.5. The summed E-state index contributed by atoms with van der Waals surface area (Å²) in [6, 6.07) is 17.2. The molecule has 6 aromatic rings. The lowest BCUT2D eigenvalue weighted by Crippen LogP contribution is -2.27. The first kappa shape index (κ1) is 33.3. The van der Waals surface area contributed by atoms with Gasteiger partial charge in [0.25, 0.3) is 11.8 Å². The highest BCUT2D eigenvalue weighted by Crippen LogP contribution is 2.24. The fourth-order valence-corrected chi connectivity index (χ4v) is 6.41. The van der Waals surface area contributed by atoms with Crippen molar-refractivity contribution in [3.63, 3.8) is 0 Å². The molecule has 0 aliphatic heterocycles. The summed E-state index contributed by atoms with van der Waals surface area (Å²) in [6.45, 7) is 11.2. The zero-order valence-corrected chi connectivity index (χ0v) is 29.0. The Balaban J connectivity index is 1.42. The molecular weight excluding hydrogens is 620 g/mol. The number of para-hydroxylation sites is 3. The minimum absolute atomic E-state index is 0.362. The van der Waals surface area contributed by atoms with Gasteiger partial charge in [-0.1, -0.05) is 36.4 Å². The maximum absolute atomic E-state index is 13.5. The number of nitrogens with zero attached hydrogens (tertiary/aromatic N) is 10. The van der Waals surface area contributed by atoms with Gasteiger partial charge in [0.1, 0.15) is 11.4 Å². The van der Waals surface area contributed by atoms with E-state index in [0.717, 1.165) is 39.0 Å². The fourth-order valence-electron chi connectivity index (χ4n) is 6.41. The SMILES string of the molecule is CCn1nc(C)cc1C(=O)N=c1n(C)c2ccccc2n1C/C=C/Cn1c(=NC(=O)c2cc(C)nn2CC)n(C)c2cccc(C(C)O)c21. The van der Waals surface area contributed by atoms with E-state index in [4.69, 9.17) is 0 Å². The highest BCUT2D eigenvalue weighted by Gasteiger charge is 2.19. The van der Waals surface area contributed by atoms with Gasteiger partial charge in [-0.05, 0) is 65.0 Å². The minimum atomic E-state index is -0.741. The number of aromatic nitrogens is 8. The van der Waals surface area contributed by atoms with Crippen molar-refractivity contribution in [2.24, 2.45) is 24.1 Å². The Kier molecular flexibility index (Phi) is 9.20. The number of fused-ring (bicyclic) bond motifs is 2. The van der Waals surface area contributed by atoms with Gasteiger partial charge >= 0.3 is 0 Å². The van der Waals surface area contributed by atoms with Crippen LogP contribution in [0.15, 0.2) is 76.7 Å². The molecule has 1 atom stereocenters. The van der Waals surface area contributed by atoms with Crippen molar-refractivity contribution >= 4 is 33.9 Å². The largest absolute Gasteiger partial charge is 0.389 e. The van der Waals surface area contributed by atoms with Crippen molar-refractivity contribution in [2.75, 3.05) is 0 Å². The van der Waals surface area contributed by atoms with Crippen LogP contribution >= 0.6 is 0 Å². The molecule has 49 heavy (non-hydrogen) atoms. The third-order valence-electron chi connectivity index (χ3n) is 8.73. The van der Waals surface area contributed by atoms with Crippen LogP contribution < -0.4 is 11.2 Å². The van der Waals surface area contributed by atoms with Crippen molar-refractivity contribution in [2.45, 2.75) is 66.9 Å². The van der Waals surface area contributed by atoms with Gasteiger partial charge in [0.2, 0.25) is 11.2 Å². The predicted octanol–water partition coefficient (Wildman–Crippen LogP) is 4.11. The Morgan fingerprint density at radius 2 is 1.24 bits per heavy atom. The Hall–Kier alpha value is -5.56. The summed E-state index contributed by atoms with van der Waals surface area (Å²) in [6.07, 6.45) is 3.27. The molecule has 4 aromatic heterocycles. The number of amides is 2. The van der Waals surface area contributed by atoms with Gasteiger partial charge in [-0.15, -0.1) is 0 Å². The Labute approximate surface area is 283 Å². The molecule has 0 aliphatic rings. The molecule has 254 valence electrons. The number of hydrogen-bond acceptors (Lipinski definition) is 5. The van der Waals surface area contributed by atoms with Gasteiger partial charge in [-0.2, -0.15) is 20.2 Å². The second-order valence-electron chi connectivity index (χ2n) is 12.1. The van der Waals surface area contributed by atoms with Crippen molar-refractivity contribution in [1.29, 1.82) is 0 Å². The molecule has 2 amide bonds. The average molecular weight is 663 g/mol. The Bertz CT molecular complexity index is 2390. The van der Waals surface area contributed by atoms with E-state index >= 15 is 0 Å². The van der Waals surface area contributed by atoms with Crippen molar-refractivity contribution in [3.8, 4) is 0 Å². The van der Waals surface area contributed by atoms with Gasteiger partial charge in [-0.3, -0.25) is 19.0 Å². The first-order valence-corrected chi connectivity index (χ1v) is 16.5. The van der Waals surface area contributed by atoms with E-state index in [2.05, 4.69) is 20.2 Å². The summed E-state index contributed by atoms with van der Waals surface area (Å²) in [4.78, 5) is 36.2. The number of hydrogen-bond donors (Lipinski definition) is 1. The number of imidazole rings is 2. The second kappa shape index (κ2) is 13.5. The van der Waals surface area contributed by atoms with Crippen LogP contribution in [0.4, 0.5) is 0 Å². The van der Waals surface area contributed by atoms with Gasteiger partial charge < -0.3 is 23.4 Å². The van der Waals surface area contributed by atoms with Crippen LogP contribution in [0.3, 0.4) is 0 Å². The maximum Gasteiger partial charge on any atom is 0.298 e. The lowest BCUT2D eigenvalue weighted by atomic mass is 10.1. The number of carbonyl (C=O) groups is 2. The van der Waals surface area contributed by atoms with E-state index in [0.29, 0.717) is 48.8 Å². The normalized spacial score (nSPS) is 13.5. The zero-order chi connectivity index (χ0) is 35.0.